The molecule has 0 aliphatic heterocycles. The van der Waals surface area contributed by atoms with Gasteiger partial charge >= 0.3 is 0 Å². The van der Waals surface area contributed by atoms with Crippen molar-refractivity contribution in [3.8, 4) is 5.69 Å². The average molecular weight is 464 g/mol. The number of nitrogens with one attached hydrogen (secondary N) is 1. The summed E-state index contributed by atoms with van der Waals surface area (Å²) in [6.45, 7) is 1.80. The van der Waals surface area contributed by atoms with E-state index in [1.807, 2.05) is 31.2 Å². The lowest BCUT2D eigenvalue weighted by molar-refractivity contribution is 0.280. The third kappa shape index (κ3) is 3.72. The Morgan fingerprint density at radius 3 is 2.40 bits per heavy atom. The van der Waals surface area contributed by atoms with Crippen LogP contribution < -0.4 is 5.56 Å². The molecular weight excluding hydrogens is 447 g/mol. The van der Waals surface area contributed by atoms with Gasteiger partial charge in [0.25, 0.3) is 5.56 Å². The molecule has 0 bridgehead atoms. The first-order valence-corrected chi connectivity index (χ1v) is 10.4. The second-order valence-corrected chi connectivity index (χ2v) is 8.00. The van der Waals surface area contributed by atoms with E-state index in [0.29, 0.717) is 56.1 Å². The van der Waals surface area contributed by atoms with Crippen LogP contribution in [0, 0.1) is 0 Å². The first-order chi connectivity index (χ1) is 14.4. The number of aryl methyl sites for hydroxylation is 1. The van der Waals surface area contributed by atoms with Crippen LogP contribution in [0.4, 0.5) is 0 Å². The summed E-state index contributed by atoms with van der Waals surface area (Å²) in [6.07, 6.45) is 0.875. The van der Waals surface area contributed by atoms with Gasteiger partial charge in [-0.2, -0.15) is 5.10 Å². The fourth-order valence-electron chi connectivity index (χ4n) is 3.43. The highest BCUT2D eigenvalue weighted by molar-refractivity contribution is 6.40. The summed E-state index contributed by atoms with van der Waals surface area (Å²) in [6, 6.07) is 10.6. The number of hydrogen-bond donors (Lipinski definition) is 2. The number of halogens is 3. The molecule has 0 spiro atoms. The number of hydrogen-bond acceptors (Lipinski definition) is 4. The topological polar surface area (TPSA) is 83.8 Å². The van der Waals surface area contributed by atoms with E-state index in [4.69, 9.17) is 34.8 Å². The molecule has 0 fully saturated rings. The summed E-state index contributed by atoms with van der Waals surface area (Å²) in [5.74, 6) is 0.443. The van der Waals surface area contributed by atoms with Crippen molar-refractivity contribution in [2.75, 3.05) is 0 Å². The van der Waals surface area contributed by atoms with E-state index in [2.05, 4.69) is 15.1 Å². The predicted octanol–water partition coefficient (Wildman–Crippen LogP) is 4.71. The second-order valence-electron chi connectivity index (χ2n) is 6.74. The fraction of sp³-hybridized carbons (Fsp3) is 0.190. The molecule has 2 N–H and O–H groups in total. The number of nitrogens with zero attached hydrogens (tertiary/aromatic N) is 3. The molecule has 30 heavy (non-hydrogen) atoms. The van der Waals surface area contributed by atoms with Crippen LogP contribution >= 0.6 is 34.8 Å². The molecule has 0 saturated carbocycles. The molecule has 0 atom stereocenters. The molecule has 2 heterocycles. The lowest BCUT2D eigenvalue weighted by atomic mass is 10.0. The quantitative estimate of drug-likeness (QED) is 0.449. The van der Waals surface area contributed by atoms with Crippen molar-refractivity contribution in [2.24, 2.45) is 0 Å². The molecule has 9 heteroatoms. The number of aromatic amines is 1. The normalized spacial score (nSPS) is 11.4. The number of aliphatic hydroxyl groups is 1. The van der Waals surface area contributed by atoms with E-state index in [0.717, 1.165) is 11.1 Å². The van der Waals surface area contributed by atoms with Crippen LogP contribution in [0.15, 0.2) is 41.2 Å². The smallest absolute Gasteiger partial charge is 0.262 e. The van der Waals surface area contributed by atoms with Crippen molar-refractivity contribution in [2.45, 2.75) is 26.4 Å². The van der Waals surface area contributed by atoms with Gasteiger partial charge in [-0.3, -0.25) is 4.79 Å². The highest BCUT2D eigenvalue weighted by atomic mass is 35.5. The van der Waals surface area contributed by atoms with Crippen LogP contribution in [-0.4, -0.2) is 24.9 Å². The molecule has 0 aliphatic carbocycles. The zero-order chi connectivity index (χ0) is 21.4. The number of fused-ring (bicyclic) bond motifs is 1. The van der Waals surface area contributed by atoms with Crippen LogP contribution in [0.3, 0.4) is 0 Å². The maximum atomic E-state index is 12.9. The zero-order valence-electron chi connectivity index (χ0n) is 15.9. The van der Waals surface area contributed by atoms with Gasteiger partial charge in [0.05, 0.1) is 22.3 Å². The maximum absolute atomic E-state index is 12.9. The minimum atomic E-state index is -0.291. The van der Waals surface area contributed by atoms with E-state index < -0.39 is 0 Å². The summed E-state index contributed by atoms with van der Waals surface area (Å²) in [5, 5.41) is 15.5. The van der Waals surface area contributed by atoms with Gasteiger partial charge in [-0.15, -0.1) is 0 Å². The SMILES string of the molecule is CCc1nn(-c2c(Cl)cc(Cl)cc2Cl)c2nc(Cc3ccccc3CO)[nH]c(=O)c12. The van der Waals surface area contributed by atoms with Crippen molar-refractivity contribution in [3.05, 3.63) is 84.5 Å². The van der Waals surface area contributed by atoms with E-state index in [-0.39, 0.29) is 12.2 Å². The van der Waals surface area contributed by atoms with Crippen LogP contribution in [0.2, 0.25) is 15.1 Å². The van der Waals surface area contributed by atoms with Crippen LogP contribution in [0.25, 0.3) is 16.7 Å². The fourth-order valence-corrected chi connectivity index (χ4v) is 4.40. The summed E-state index contributed by atoms with van der Waals surface area (Å²) >= 11 is 18.8. The molecule has 0 radical (unpaired) electrons. The number of H-pyrrole nitrogens is 1. The van der Waals surface area contributed by atoms with Gasteiger partial charge in [0.2, 0.25) is 0 Å². The standard InChI is InChI=1S/C21H17Cl3N4O2/c1-2-16-18-20(28(27-16)19-14(23)8-13(22)9-15(19)24)25-17(26-21(18)30)7-11-5-3-4-6-12(11)10-29/h3-6,8-9,29H,2,7,10H2,1H3,(H,25,26,30). The van der Waals surface area contributed by atoms with Gasteiger partial charge in [-0.1, -0.05) is 66.0 Å². The molecule has 154 valence electrons. The highest BCUT2D eigenvalue weighted by Crippen LogP contribution is 2.33. The van der Waals surface area contributed by atoms with Crippen LogP contribution in [-0.2, 0) is 19.4 Å². The predicted molar refractivity (Wildman–Crippen MR) is 119 cm³/mol. The number of benzene rings is 2. The minimum absolute atomic E-state index is 0.101. The summed E-state index contributed by atoms with van der Waals surface area (Å²) in [5.41, 5.74) is 2.70. The summed E-state index contributed by atoms with van der Waals surface area (Å²) < 4.78 is 1.49. The Morgan fingerprint density at radius 1 is 1.10 bits per heavy atom. The van der Waals surface area contributed by atoms with Gasteiger partial charge in [0.1, 0.15) is 16.9 Å². The Bertz CT molecular complexity index is 1290. The molecular formula is C21H17Cl3N4O2. The Balaban J connectivity index is 1.94. The van der Waals surface area contributed by atoms with Gasteiger partial charge in [0.15, 0.2) is 5.65 Å². The molecule has 0 saturated heterocycles. The Labute approximate surface area is 187 Å². The Kier molecular flexibility index (Phi) is 5.84. The zero-order valence-corrected chi connectivity index (χ0v) is 18.2. The van der Waals surface area contributed by atoms with Gasteiger partial charge in [-0.05, 0) is 29.7 Å². The average Bonchev–Trinajstić information content (AvgIpc) is 3.06. The van der Waals surface area contributed by atoms with E-state index in [1.54, 1.807) is 12.1 Å². The molecule has 0 aliphatic rings. The van der Waals surface area contributed by atoms with Crippen LogP contribution in [0.5, 0.6) is 0 Å². The lowest BCUT2D eigenvalue weighted by Crippen LogP contribution is -2.14. The first kappa shape index (κ1) is 20.9. The van der Waals surface area contributed by atoms with Crippen LogP contribution in [0.1, 0.15) is 29.6 Å². The highest BCUT2D eigenvalue weighted by Gasteiger charge is 2.21. The minimum Gasteiger partial charge on any atom is -0.392 e. The number of aliphatic hydroxyl groups excluding tert-OH is 1. The molecule has 4 rings (SSSR count). The molecule has 0 amide bonds. The van der Waals surface area contributed by atoms with Crippen molar-refractivity contribution in [3.63, 3.8) is 0 Å². The van der Waals surface area contributed by atoms with E-state index >= 15 is 0 Å². The maximum Gasteiger partial charge on any atom is 0.262 e. The third-order valence-corrected chi connectivity index (χ3v) is 5.63. The van der Waals surface area contributed by atoms with E-state index in [9.17, 15) is 9.90 Å². The third-order valence-electron chi connectivity index (χ3n) is 4.83. The molecule has 2 aromatic heterocycles. The van der Waals surface area contributed by atoms with Gasteiger partial charge in [0, 0.05) is 11.4 Å². The molecule has 6 nitrogen and oxygen atoms in total. The van der Waals surface area contributed by atoms with Gasteiger partial charge < -0.3 is 10.1 Å². The Hall–Kier alpha value is -2.38. The number of aromatic nitrogens is 4. The second kappa shape index (κ2) is 8.40. The lowest BCUT2D eigenvalue weighted by Gasteiger charge is -2.10. The van der Waals surface area contributed by atoms with Crippen molar-refractivity contribution < 1.29 is 5.11 Å². The van der Waals surface area contributed by atoms with Crippen molar-refractivity contribution in [1.82, 2.24) is 19.7 Å². The molecule has 4 aromatic rings. The molecule has 0 unspecified atom stereocenters. The first-order valence-electron chi connectivity index (χ1n) is 9.26. The largest absolute Gasteiger partial charge is 0.392 e. The van der Waals surface area contributed by atoms with Gasteiger partial charge in [-0.25, -0.2) is 9.67 Å². The summed E-state index contributed by atoms with van der Waals surface area (Å²) in [7, 11) is 0. The monoisotopic (exact) mass is 462 g/mol. The summed E-state index contributed by atoms with van der Waals surface area (Å²) in [4.78, 5) is 20.4. The van der Waals surface area contributed by atoms with Crippen molar-refractivity contribution in [1.29, 1.82) is 0 Å². The van der Waals surface area contributed by atoms with E-state index in [1.165, 1.54) is 4.68 Å². The number of rotatable bonds is 5. The van der Waals surface area contributed by atoms with Crippen molar-refractivity contribution >= 4 is 45.8 Å². The Morgan fingerprint density at radius 2 is 1.77 bits per heavy atom. The molecule has 2 aromatic carbocycles.